The van der Waals surface area contributed by atoms with E-state index in [2.05, 4.69) is 23.5 Å². The van der Waals surface area contributed by atoms with E-state index in [0.717, 1.165) is 17.5 Å². The maximum Gasteiger partial charge on any atom is 0.134 e. The van der Waals surface area contributed by atoms with Gasteiger partial charge in [-0.15, -0.1) is 0 Å². The summed E-state index contributed by atoms with van der Waals surface area (Å²) in [5, 5.41) is 4.26. The first-order chi connectivity index (χ1) is 5.90. The molecule has 62 valence electrons. The molecular weight excluding hydrogens is 150 g/mol. The molecule has 1 aromatic carbocycles. The van der Waals surface area contributed by atoms with Crippen LogP contribution in [-0.2, 0) is 6.54 Å². The fourth-order valence-electron chi connectivity index (χ4n) is 1.31. The first-order valence-corrected chi connectivity index (χ1v) is 4.01. The van der Waals surface area contributed by atoms with Crippen LogP contribution in [0.3, 0.4) is 0 Å². The van der Waals surface area contributed by atoms with Gasteiger partial charge in [-0.1, -0.05) is 12.1 Å². The van der Waals surface area contributed by atoms with Crippen molar-refractivity contribution in [3.05, 3.63) is 36.1 Å². The summed E-state index contributed by atoms with van der Waals surface area (Å²) < 4.78 is 5.28. The van der Waals surface area contributed by atoms with Gasteiger partial charge in [-0.3, -0.25) is 0 Å². The van der Waals surface area contributed by atoms with Gasteiger partial charge in [-0.05, 0) is 24.7 Å². The van der Waals surface area contributed by atoms with Gasteiger partial charge in [0.25, 0.3) is 0 Å². The number of benzene rings is 1. The molecule has 2 nitrogen and oxygen atoms in total. The molecular formula is C10H11NO. The summed E-state index contributed by atoms with van der Waals surface area (Å²) in [6, 6.07) is 8.21. The normalized spacial score (nSPS) is 10.8. The molecule has 0 spiro atoms. The predicted molar refractivity (Wildman–Crippen MR) is 49.0 cm³/mol. The van der Waals surface area contributed by atoms with E-state index in [9.17, 15) is 0 Å². The van der Waals surface area contributed by atoms with Crippen molar-refractivity contribution >= 4 is 11.0 Å². The number of hydrogen-bond acceptors (Lipinski definition) is 2. The van der Waals surface area contributed by atoms with Gasteiger partial charge in [0.05, 0.1) is 6.26 Å². The third-order valence-corrected chi connectivity index (χ3v) is 1.90. The molecule has 0 aliphatic heterocycles. The number of hydrogen-bond donors (Lipinski definition) is 1. The van der Waals surface area contributed by atoms with Gasteiger partial charge in [0.1, 0.15) is 5.58 Å². The van der Waals surface area contributed by atoms with E-state index in [4.69, 9.17) is 4.42 Å². The maximum absolute atomic E-state index is 5.28. The van der Waals surface area contributed by atoms with Crippen LogP contribution in [0.4, 0.5) is 0 Å². The van der Waals surface area contributed by atoms with Crippen LogP contribution < -0.4 is 5.32 Å². The molecule has 2 aromatic rings. The predicted octanol–water partition coefficient (Wildman–Crippen LogP) is 2.15. The van der Waals surface area contributed by atoms with E-state index in [1.165, 1.54) is 5.56 Å². The Balaban J connectivity index is 2.46. The van der Waals surface area contributed by atoms with Crippen LogP contribution in [0.5, 0.6) is 0 Å². The molecule has 0 amide bonds. The summed E-state index contributed by atoms with van der Waals surface area (Å²) in [4.78, 5) is 0. The van der Waals surface area contributed by atoms with Crippen LogP contribution in [0.2, 0.25) is 0 Å². The van der Waals surface area contributed by atoms with E-state index in [-0.39, 0.29) is 0 Å². The highest BCUT2D eigenvalue weighted by atomic mass is 16.3. The lowest BCUT2D eigenvalue weighted by molar-refractivity contribution is 0.615. The van der Waals surface area contributed by atoms with Crippen molar-refractivity contribution in [1.29, 1.82) is 0 Å². The monoisotopic (exact) mass is 161 g/mol. The first kappa shape index (κ1) is 7.37. The first-order valence-electron chi connectivity index (χ1n) is 4.01. The van der Waals surface area contributed by atoms with Gasteiger partial charge in [0.2, 0.25) is 0 Å². The lowest BCUT2D eigenvalue weighted by atomic mass is 10.2. The van der Waals surface area contributed by atoms with Crippen molar-refractivity contribution in [2.75, 3.05) is 7.05 Å². The van der Waals surface area contributed by atoms with Crippen LogP contribution in [0.25, 0.3) is 11.0 Å². The molecule has 0 aliphatic carbocycles. The van der Waals surface area contributed by atoms with Crippen molar-refractivity contribution in [2.24, 2.45) is 0 Å². The van der Waals surface area contributed by atoms with Crippen LogP contribution in [0.1, 0.15) is 5.56 Å². The van der Waals surface area contributed by atoms with Crippen molar-refractivity contribution in [3.8, 4) is 0 Å². The standard InChI is InChI=1S/C10H11NO/c1-11-7-8-2-3-9-4-5-12-10(9)6-8/h2-6,11H,7H2,1H3. The summed E-state index contributed by atoms with van der Waals surface area (Å²) in [6.45, 7) is 0.886. The second-order valence-corrected chi connectivity index (χ2v) is 2.82. The summed E-state index contributed by atoms with van der Waals surface area (Å²) in [6.07, 6.45) is 1.72. The number of furan rings is 1. The van der Waals surface area contributed by atoms with Crippen molar-refractivity contribution in [1.82, 2.24) is 5.32 Å². The van der Waals surface area contributed by atoms with E-state index >= 15 is 0 Å². The molecule has 1 heterocycles. The Labute approximate surface area is 71.2 Å². The Hall–Kier alpha value is -1.28. The van der Waals surface area contributed by atoms with Gasteiger partial charge >= 0.3 is 0 Å². The summed E-state index contributed by atoms with van der Waals surface area (Å²) >= 11 is 0. The van der Waals surface area contributed by atoms with E-state index in [1.807, 2.05) is 13.1 Å². The van der Waals surface area contributed by atoms with Crippen LogP contribution in [0.15, 0.2) is 34.9 Å². The molecule has 0 unspecified atom stereocenters. The Kier molecular flexibility index (Phi) is 1.84. The highest BCUT2D eigenvalue weighted by molar-refractivity contribution is 5.77. The zero-order chi connectivity index (χ0) is 8.39. The topological polar surface area (TPSA) is 25.2 Å². The molecule has 2 rings (SSSR count). The summed E-state index contributed by atoms with van der Waals surface area (Å²) in [5.41, 5.74) is 2.21. The minimum Gasteiger partial charge on any atom is -0.464 e. The molecule has 0 saturated carbocycles. The van der Waals surface area contributed by atoms with Crippen molar-refractivity contribution < 1.29 is 4.42 Å². The third-order valence-electron chi connectivity index (χ3n) is 1.90. The molecule has 0 saturated heterocycles. The zero-order valence-corrected chi connectivity index (χ0v) is 7.00. The molecule has 2 heteroatoms. The number of rotatable bonds is 2. The van der Waals surface area contributed by atoms with Crippen molar-refractivity contribution in [2.45, 2.75) is 6.54 Å². The lowest BCUT2D eigenvalue weighted by Crippen LogP contribution is -2.04. The molecule has 0 atom stereocenters. The zero-order valence-electron chi connectivity index (χ0n) is 7.00. The summed E-state index contributed by atoms with van der Waals surface area (Å²) in [7, 11) is 1.94. The SMILES string of the molecule is CNCc1ccc2ccoc2c1. The minimum atomic E-state index is 0.886. The number of fused-ring (bicyclic) bond motifs is 1. The van der Waals surface area contributed by atoms with Gasteiger partial charge in [0.15, 0.2) is 0 Å². The summed E-state index contributed by atoms with van der Waals surface area (Å²) in [5.74, 6) is 0. The molecule has 1 aromatic heterocycles. The second-order valence-electron chi connectivity index (χ2n) is 2.82. The van der Waals surface area contributed by atoms with E-state index < -0.39 is 0 Å². The minimum absolute atomic E-state index is 0.886. The Morgan fingerprint density at radius 3 is 3.08 bits per heavy atom. The quantitative estimate of drug-likeness (QED) is 0.730. The highest BCUT2D eigenvalue weighted by Crippen LogP contribution is 2.16. The van der Waals surface area contributed by atoms with Crippen LogP contribution in [-0.4, -0.2) is 7.05 Å². The molecule has 1 N–H and O–H groups in total. The molecule has 0 bridgehead atoms. The van der Waals surface area contributed by atoms with E-state index in [0.29, 0.717) is 0 Å². The largest absolute Gasteiger partial charge is 0.464 e. The average molecular weight is 161 g/mol. The Morgan fingerprint density at radius 2 is 2.25 bits per heavy atom. The van der Waals surface area contributed by atoms with Crippen LogP contribution >= 0.6 is 0 Å². The van der Waals surface area contributed by atoms with Crippen LogP contribution in [0, 0.1) is 0 Å². The molecule has 0 radical (unpaired) electrons. The molecule has 0 aliphatic rings. The second kappa shape index (κ2) is 2.99. The Morgan fingerprint density at radius 1 is 1.33 bits per heavy atom. The van der Waals surface area contributed by atoms with Gasteiger partial charge in [0, 0.05) is 11.9 Å². The van der Waals surface area contributed by atoms with E-state index in [1.54, 1.807) is 6.26 Å². The third kappa shape index (κ3) is 1.21. The van der Waals surface area contributed by atoms with Gasteiger partial charge in [-0.25, -0.2) is 0 Å². The van der Waals surface area contributed by atoms with Gasteiger partial charge in [-0.2, -0.15) is 0 Å². The maximum atomic E-state index is 5.28. The van der Waals surface area contributed by atoms with Crippen molar-refractivity contribution in [3.63, 3.8) is 0 Å². The average Bonchev–Trinajstić information content (AvgIpc) is 2.51. The Bertz CT molecular complexity index is 378. The molecule has 0 fully saturated rings. The smallest absolute Gasteiger partial charge is 0.134 e. The molecule has 12 heavy (non-hydrogen) atoms. The van der Waals surface area contributed by atoms with Gasteiger partial charge < -0.3 is 9.73 Å². The number of nitrogens with one attached hydrogen (secondary N) is 1. The highest BCUT2D eigenvalue weighted by Gasteiger charge is 1.96. The fraction of sp³-hybridized carbons (Fsp3) is 0.200. The fourth-order valence-corrected chi connectivity index (χ4v) is 1.31. The lowest BCUT2D eigenvalue weighted by Gasteiger charge is -1.98.